The molecule has 0 saturated carbocycles. The predicted octanol–water partition coefficient (Wildman–Crippen LogP) is 3.11. The second kappa shape index (κ2) is 6.21. The van der Waals surface area contributed by atoms with Crippen molar-refractivity contribution < 1.29 is 4.74 Å². The topological polar surface area (TPSA) is 53.1 Å². The van der Waals surface area contributed by atoms with Gasteiger partial charge in [0.15, 0.2) is 0 Å². The van der Waals surface area contributed by atoms with E-state index in [1.165, 1.54) is 0 Å². The van der Waals surface area contributed by atoms with Gasteiger partial charge in [0, 0.05) is 6.54 Å². The molecule has 1 heterocycles. The first-order valence-electron chi connectivity index (χ1n) is 6.28. The van der Waals surface area contributed by atoms with Gasteiger partial charge in [-0.3, -0.25) is 4.68 Å². The lowest BCUT2D eigenvalue weighted by Gasteiger charge is -2.15. The first-order valence-corrected chi connectivity index (χ1v) is 7.07. The summed E-state index contributed by atoms with van der Waals surface area (Å²) < 4.78 is 8.06. The van der Waals surface area contributed by atoms with Crippen LogP contribution >= 0.6 is 15.9 Å². The van der Waals surface area contributed by atoms with Crippen molar-refractivity contribution >= 4 is 15.9 Å². The van der Waals surface area contributed by atoms with Crippen LogP contribution < -0.4 is 10.5 Å². The number of hydrogen-bond acceptors (Lipinski definition) is 3. The molecule has 1 aromatic heterocycles. The van der Waals surface area contributed by atoms with Crippen molar-refractivity contribution in [2.75, 3.05) is 7.11 Å². The summed E-state index contributed by atoms with van der Waals surface area (Å²) in [6.07, 6.45) is 2.82. The fourth-order valence-electron chi connectivity index (χ4n) is 2.04. The summed E-state index contributed by atoms with van der Waals surface area (Å²) in [7, 11) is 1.65. The van der Waals surface area contributed by atoms with E-state index in [0.717, 1.165) is 34.4 Å². The van der Waals surface area contributed by atoms with Gasteiger partial charge in [-0.2, -0.15) is 5.10 Å². The van der Waals surface area contributed by atoms with Gasteiger partial charge in [0.25, 0.3) is 0 Å². The Kier molecular flexibility index (Phi) is 4.61. The number of halogens is 1. The molecule has 4 nitrogen and oxygen atoms in total. The summed E-state index contributed by atoms with van der Waals surface area (Å²) in [5.41, 5.74) is 8.40. The number of benzene rings is 1. The number of rotatable bonds is 5. The number of ether oxygens (including phenoxy) is 1. The molecule has 0 saturated heterocycles. The lowest BCUT2D eigenvalue weighted by Crippen LogP contribution is -2.18. The lowest BCUT2D eigenvalue weighted by molar-refractivity contribution is 0.414. The average molecular weight is 324 g/mol. The Morgan fingerprint density at radius 2 is 2.05 bits per heavy atom. The largest absolute Gasteiger partial charge is 0.497 e. The van der Waals surface area contributed by atoms with E-state index in [9.17, 15) is 0 Å². The van der Waals surface area contributed by atoms with E-state index in [1.54, 1.807) is 13.3 Å². The molecule has 0 aliphatic carbocycles. The zero-order valence-electron chi connectivity index (χ0n) is 11.1. The van der Waals surface area contributed by atoms with Gasteiger partial charge in [-0.05, 0) is 40.0 Å². The molecule has 2 rings (SSSR count). The smallest absolute Gasteiger partial charge is 0.118 e. The zero-order valence-corrected chi connectivity index (χ0v) is 12.7. The summed E-state index contributed by atoms with van der Waals surface area (Å²) in [5.74, 6) is 0.831. The van der Waals surface area contributed by atoms with Crippen molar-refractivity contribution in [3.8, 4) is 5.75 Å². The molecule has 2 aromatic rings. The van der Waals surface area contributed by atoms with E-state index in [4.69, 9.17) is 10.5 Å². The normalized spacial score (nSPS) is 12.4. The number of methoxy groups -OCH3 is 1. The molecule has 1 aromatic carbocycles. The van der Waals surface area contributed by atoms with Crippen LogP contribution in [0, 0.1) is 0 Å². The number of aromatic nitrogens is 2. The number of nitrogens with two attached hydrogens (primary N) is 1. The molecule has 2 N–H and O–H groups in total. The second-order valence-electron chi connectivity index (χ2n) is 4.35. The summed E-state index contributed by atoms with van der Waals surface area (Å²) in [4.78, 5) is 0. The van der Waals surface area contributed by atoms with Crippen molar-refractivity contribution in [3.63, 3.8) is 0 Å². The van der Waals surface area contributed by atoms with Crippen molar-refractivity contribution in [1.82, 2.24) is 9.78 Å². The maximum atomic E-state index is 6.35. The molecule has 0 amide bonds. The molecule has 1 atom stereocenters. The maximum absolute atomic E-state index is 6.35. The molecule has 0 spiro atoms. The summed E-state index contributed by atoms with van der Waals surface area (Å²) in [6.45, 7) is 2.99. The third-order valence-electron chi connectivity index (χ3n) is 3.04. The summed E-state index contributed by atoms with van der Waals surface area (Å²) in [5, 5.41) is 4.35. The van der Waals surface area contributed by atoms with E-state index in [1.807, 2.05) is 28.9 Å². The van der Waals surface area contributed by atoms with E-state index in [2.05, 4.69) is 28.0 Å². The van der Waals surface area contributed by atoms with E-state index < -0.39 is 0 Å². The van der Waals surface area contributed by atoms with Gasteiger partial charge < -0.3 is 10.5 Å². The van der Waals surface area contributed by atoms with E-state index in [-0.39, 0.29) is 6.04 Å². The van der Waals surface area contributed by atoms with Crippen LogP contribution in [-0.4, -0.2) is 16.9 Å². The Morgan fingerprint density at radius 3 is 2.63 bits per heavy atom. The Bertz CT molecular complexity index is 536. The molecule has 0 fully saturated rings. The Labute approximate surface area is 121 Å². The average Bonchev–Trinajstić information content (AvgIpc) is 2.80. The summed E-state index contributed by atoms with van der Waals surface area (Å²) in [6, 6.07) is 7.61. The van der Waals surface area contributed by atoms with Gasteiger partial charge in [0.05, 0.1) is 29.5 Å². The highest BCUT2D eigenvalue weighted by Gasteiger charge is 2.18. The molecule has 0 aliphatic rings. The minimum Gasteiger partial charge on any atom is -0.497 e. The van der Waals surface area contributed by atoms with E-state index >= 15 is 0 Å². The Morgan fingerprint density at radius 1 is 1.37 bits per heavy atom. The Hall–Kier alpha value is -1.33. The van der Waals surface area contributed by atoms with Gasteiger partial charge in [-0.25, -0.2) is 0 Å². The van der Waals surface area contributed by atoms with Crippen molar-refractivity contribution in [2.24, 2.45) is 5.73 Å². The third kappa shape index (κ3) is 2.98. The molecular weight excluding hydrogens is 306 g/mol. The first-order chi connectivity index (χ1) is 9.17. The minimum atomic E-state index is -0.200. The Balaban J connectivity index is 2.31. The van der Waals surface area contributed by atoms with Gasteiger partial charge in [0.2, 0.25) is 0 Å². The molecule has 0 radical (unpaired) electrons. The standard InChI is InChI=1S/C14H18BrN3O/c1-3-8-18-14(12(15)9-17-18)13(16)10-4-6-11(19-2)7-5-10/h4-7,9,13H,3,8,16H2,1-2H3. The highest BCUT2D eigenvalue weighted by molar-refractivity contribution is 9.10. The van der Waals surface area contributed by atoms with Crippen LogP contribution in [0.15, 0.2) is 34.9 Å². The van der Waals surface area contributed by atoms with Crippen LogP contribution in [0.3, 0.4) is 0 Å². The first kappa shape index (κ1) is 14.1. The van der Waals surface area contributed by atoms with Crippen molar-refractivity contribution in [3.05, 3.63) is 46.2 Å². The van der Waals surface area contributed by atoms with Crippen LogP contribution in [0.5, 0.6) is 5.75 Å². The molecule has 0 bridgehead atoms. The molecular formula is C14H18BrN3O. The van der Waals surface area contributed by atoms with Gasteiger partial charge in [-0.1, -0.05) is 19.1 Å². The van der Waals surface area contributed by atoms with Gasteiger partial charge in [0.1, 0.15) is 5.75 Å². The van der Waals surface area contributed by atoms with Crippen LogP contribution in [0.1, 0.15) is 30.6 Å². The zero-order chi connectivity index (χ0) is 13.8. The van der Waals surface area contributed by atoms with E-state index in [0.29, 0.717) is 0 Å². The van der Waals surface area contributed by atoms with Gasteiger partial charge >= 0.3 is 0 Å². The van der Waals surface area contributed by atoms with Crippen LogP contribution in [0.2, 0.25) is 0 Å². The number of hydrogen-bond donors (Lipinski definition) is 1. The lowest BCUT2D eigenvalue weighted by atomic mass is 10.0. The minimum absolute atomic E-state index is 0.200. The second-order valence-corrected chi connectivity index (χ2v) is 5.21. The molecule has 1 unspecified atom stereocenters. The highest BCUT2D eigenvalue weighted by Crippen LogP contribution is 2.28. The maximum Gasteiger partial charge on any atom is 0.118 e. The fourth-order valence-corrected chi connectivity index (χ4v) is 2.58. The van der Waals surface area contributed by atoms with Gasteiger partial charge in [-0.15, -0.1) is 0 Å². The molecule has 5 heteroatoms. The third-order valence-corrected chi connectivity index (χ3v) is 3.65. The number of nitrogens with zero attached hydrogens (tertiary/aromatic N) is 2. The number of aryl methyl sites for hydroxylation is 1. The van der Waals surface area contributed by atoms with Crippen LogP contribution in [-0.2, 0) is 6.54 Å². The SMILES string of the molecule is CCCn1ncc(Br)c1C(N)c1ccc(OC)cc1. The molecule has 102 valence electrons. The molecule has 19 heavy (non-hydrogen) atoms. The van der Waals surface area contributed by atoms with Crippen molar-refractivity contribution in [1.29, 1.82) is 0 Å². The predicted molar refractivity (Wildman–Crippen MR) is 79.2 cm³/mol. The van der Waals surface area contributed by atoms with Crippen LogP contribution in [0.25, 0.3) is 0 Å². The monoisotopic (exact) mass is 323 g/mol. The van der Waals surface area contributed by atoms with Crippen molar-refractivity contribution in [2.45, 2.75) is 25.9 Å². The molecule has 0 aliphatic heterocycles. The summed E-state index contributed by atoms with van der Waals surface area (Å²) >= 11 is 3.53. The van der Waals surface area contributed by atoms with Crippen LogP contribution in [0.4, 0.5) is 0 Å². The fraction of sp³-hybridized carbons (Fsp3) is 0.357. The highest BCUT2D eigenvalue weighted by atomic mass is 79.9. The quantitative estimate of drug-likeness (QED) is 0.919.